The number of nitrogens with one attached hydrogen (secondary N) is 1. The molecule has 0 spiro atoms. The molecule has 0 aromatic carbocycles. The lowest BCUT2D eigenvalue weighted by Crippen LogP contribution is -2.49. The Balaban J connectivity index is 1.91. The number of rotatable bonds is 4. The van der Waals surface area contributed by atoms with Crippen molar-refractivity contribution in [1.29, 1.82) is 0 Å². The fourth-order valence-electron chi connectivity index (χ4n) is 2.38. The highest BCUT2D eigenvalue weighted by atomic mass is 16.2. The Morgan fingerprint density at radius 1 is 1.53 bits per heavy atom. The van der Waals surface area contributed by atoms with Gasteiger partial charge in [-0.1, -0.05) is 0 Å². The van der Waals surface area contributed by atoms with Gasteiger partial charge in [-0.05, 0) is 20.0 Å². The first kappa shape index (κ1) is 14.0. The number of hydrogen-bond donors (Lipinski definition) is 1. The summed E-state index contributed by atoms with van der Waals surface area (Å²) in [6.07, 6.45) is 1.79. The Kier molecular flexibility index (Phi) is 4.55. The van der Waals surface area contributed by atoms with Crippen molar-refractivity contribution in [2.75, 3.05) is 39.8 Å². The average molecular weight is 265 g/mol. The zero-order valence-corrected chi connectivity index (χ0v) is 12.0. The number of likely N-dealkylation sites (N-methyl/N-ethyl adjacent to an activating group) is 1. The van der Waals surface area contributed by atoms with Crippen LogP contribution in [-0.2, 0) is 11.8 Å². The molecule has 1 fully saturated rings. The van der Waals surface area contributed by atoms with E-state index in [4.69, 9.17) is 0 Å². The number of amides is 1. The lowest BCUT2D eigenvalue weighted by Gasteiger charge is -2.31. The van der Waals surface area contributed by atoms with E-state index >= 15 is 0 Å². The normalized spacial score (nSPS) is 17.8. The third-order valence-corrected chi connectivity index (χ3v) is 3.80. The molecule has 1 unspecified atom stereocenters. The van der Waals surface area contributed by atoms with Crippen LogP contribution in [0.3, 0.4) is 0 Å². The highest BCUT2D eigenvalue weighted by Crippen LogP contribution is 2.17. The minimum atomic E-state index is 0.180. The SMILES string of the molecule is CC(c1ccnn1C)N(C)CC(=O)N1CCNCC1. The predicted octanol–water partition coefficient (Wildman–Crippen LogP) is -0.155. The number of hydrogen-bond acceptors (Lipinski definition) is 4. The van der Waals surface area contributed by atoms with Gasteiger partial charge in [-0.25, -0.2) is 0 Å². The second kappa shape index (κ2) is 6.16. The fourth-order valence-corrected chi connectivity index (χ4v) is 2.38. The van der Waals surface area contributed by atoms with E-state index in [1.807, 2.05) is 29.7 Å². The zero-order chi connectivity index (χ0) is 13.8. The monoisotopic (exact) mass is 265 g/mol. The number of aryl methyl sites for hydroxylation is 1. The van der Waals surface area contributed by atoms with Crippen LogP contribution in [-0.4, -0.2) is 65.3 Å². The van der Waals surface area contributed by atoms with Gasteiger partial charge in [0, 0.05) is 45.5 Å². The van der Waals surface area contributed by atoms with E-state index in [0.717, 1.165) is 31.9 Å². The smallest absolute Gasteiger partial charge is 0.236 e. The van der Waals surface area contributed by atoms with Crippen LogP contribution >= 0.6 is 0 Å². The summed E-state index contributed by atoms with van der Waals surface area (Å²) >= 11 is 0. The van der Waals surface area contributed by atoms with Crippen LogP contribution < -0.4 is 5.32 Å². The maximum absolute atomic E-state index is 12.2. The van der Waals surface area contributed by atoms with Gasteiger partial charge in [-0.3, -0.25) is 14.4 Å². The van der Waals surface area contributed by atoms with Gasteiger partial charge < -0.3 is 10.2 Å². The highest BCUT2D eigenvalue weighted by molar-refractivity contribution is 5.78. The summed E-state index contributed by atoms with van der Waals surface area (Å²) in [6.45, 7) is 5.97. The van der Waals surface area contributed by atoms with Crippen LogP contribution in [0.1, 0.15) is 18.7 Å². The van der Waals surface area contributed by atoms with Crippen LogP contribution in [0, 0.1) is 0 Å². The molecule has 6 heteroatoms. The molecule has 0 bridgehead atoms. The summed E-state index contributed by atoms with van der Waals surface area (Å²) in [5.41, 5.74) is 1.12. The van der Waals surface area contributed by atoms with Crippen molar-refractivity contribution in [2.24, 2.45) is 7.05 Å². The first-order chi connectivity index (χ1) is 9.09. The summed E-state index contributed by atoms with van der Waals surface area (Å²) in [4.78, 5) is 16.2. The first-order valence-corrected chi connectivity index (χ1v) is 6.76. The topological polar surface area (TPSA) is 53.4 Å². The van der Waals surface area contributed by atoms with E-state index in [9.17, 15) is 4.79 Å². The Labute approximate surface area is 114 Å². The molecule has 2 rings (SSSR count). The maximum atomic E-state index is 12.2. The third-order valence-electron chi connectivity index (χ3n) is 3.80. The number of piperazine rings is 1. The average Bonchev–Trinajstić information content (AvgIpc) is 2.85. The molecule has 0 radical (unpaired) electrons. The van der Waals surface area contributed by atoms with Crippen molar-refractivity contribution < 1.29 is 4.79 Å². The highest BCUT2D eigenvalue weighted by Gasteiger charge is 2.21. The van der Waals surface area contributed by atoms with Crippen molar-refractivity contribution >= 4 is 5.91 Å². The standard InChI is InChI=1S/C13H23N5O/c1-11(12-4-5-15-17(12)3)16(2)10-13(19)18-8-6-14-7-9-18/h4-5,11,14H,6-10H2,1-3H3. The van der Waals surface area contributed by atoms with E-state index in [1.54, 1.807) is 6.20 Å². The molecule has 1 amide bonds. The summed E-state index contributed by atoms with van der Waals surface area (Å²) in [7, 11) is 3.91. The number of nitrogens with zero attached hydrogens (tertiary/aromatic N) is 4. The van der Waals surface area contributed by atoms with Crippen LogP contribution in [0.5, 0.6) is 0 Å². The van der Waals surface area contributed by atoms with Crippen molar-refractivity contribution in [2.45, 2.75) is 13.0 Å². The van der Waals surface area contributed by atoms with Gasteiger partial charge in [0.05, 0.1) is 12.2 Å². The first-order valence-electron chi connectivity index (χ1n) is 6.76. The molecule has 1 atom stereocenters. The Morgan fingerprint density at radius 2 is 2.21 bits per heavy atom. The Hall–Kier alpha value is -1.40. The van der Waals surface area contributed by atoms with Crippen LogP contribution in [0.25, 0.3) is 0 Å². The second-order valence-corrected chi connectivity index (χ2v) is 5.10. The quantitative estimate of drug-likeness (QED) is 0.822. The van der Waals surface area contributed by atoms with Crippen molar-refractivity contribution in [3.05, 3.63) is 18.0 Å². The van der Waals surface area contributed by atoms with Gasteiger partial charge in [0.15, 0.2) is 0 Å². The molecule has 1 N–H and O–H groups in total. The number of carbonyl (C=O) groups excluding carboxylic acids is 1. The molecule has 6 nitrogen and oxygen atoms in total. The van der Waals surface area contributed by atoms with E-state index < -0.39 is 0 Å². The van der Waals surface area contributed by atoms with Crippen molar-refractivity contribution in [3.63, 3.8) is 0 Å². The summed E-state index contributed by atoms with van der Waals surface area (Å²) in [5.74, 6) is 0.206. The van der Waals surface area contributed by atoms with Gasteiger partial charge in [0.1, 0.15) is 0 Å². The molecule has 1 aromatic rings. The predicted molar refractivity (Wildman–Crippen MR) is 73.7 cm³/mol. The lowest BCUT2D eigenvalue weighted by atomic mass is 10.2. The Bertz CT molecular complexity index is 424. The maximum Gasteiger partial charge on any atom is 0.236 e. The van der Waals surface area contributed by atoms with Crippen LogP contribution in [0.4, 0.5) is 0 Å². The van der Waals surface area contributed by atoms with Gasteiger partial charge in [-0.15, -0.1) is 0 Å². The minimum Gasteiger partial charge on any atom is -0.339 e. The van der Waals surface area contributed by atoms with Crippen LogP contribution in [0.15, 0.2) is 12.3 Å². The van der Waals surface area contributed by atoms with Gasteiger partial charge in [0.2, 0.25) is 5.91 Å². The molecule has 0 saturated carbocycles. The molecule has 1 aromatic heterocycles. The molecule has 0 aliphatic carbocycles. The minimum absolute atomic E-state index is 0.180. The molecule has 1 saturated heterocycles. The van der Waals surface area contributed by atoms with E-state index in [2.05, 4.69) is 22.2 Å². The van der Waals surface area contributed by atoms with E-state index in [0.29, 0.717) is 6.54 Å². The number of carbonyl (C=O) groups is 1. The molecule has 106 valence electrons. The largest absolute Gasteiger partial charge is 0.339 e. The number of aromatic nitrogens is 2. The van der Waals surface area contributed by atoms with Crippen LogP contribution in [0.2, 0.25) is 0 Å². The van der Waals surface area contributed by atoms with Gasteiger partial charge in [-0.2, -0.15) is 5.10 Å². The summed E-state index contributed by atoms with van der Waals surface area (Å²) in [5, 5.41) is 7.43. The molecular weight excluding hydrogens is 242 g/mol. The summed E-state index contributed by atoms with van der Waals surface area (Å²) < 4.78 is 1.86. The molecule has 2 heterocycles. The molecule has 1 aliphatic rings. The molecule has 19 heavy (non-hydrogen) atoms. The fraction of sp³-hybridized carbons (Fsp3) is 0.692. The van der Waals surface area contributed by atoms with Gasteiger partial charge in [0.25, 0.3) is 0 Å². The molecule has 1 aliphatic heterocycles. The molecular formula is C13H23N5O. The van der Waals surface area contributed by atoms with Gasteiger partial charge >= 0.3 is 0 Å². The van der Waals surface area contributed by atoms with Crippen molar-refractivity contribution in [3.8, 4) is 0 Å². The zero-order valence-electron chi connectivity index (χ0n) is 12.0. The summed E-state index contributed by atoms with van der Waals surface area (Å²) in [6, 6.07) is 2.18. The Morgan fingerprint density at radius 3 is 2.79 bits per heavy atom. The van der Waals surface area contributed by atoms with E-state index in [-0.39, 0.29) is 11.9 Å². The second-order valence-electron chi connectivity index (χ2n) is 5.10. The van der Waals surface area contributed by atoms with E-state index in [1.165, 1.54) is 0 Å². The lowest BCUT2D eigenvalue weighted by molar-refractivity contribution is -0.133. The third kappa shape index (κ3) is 3.33. The van der Waals surface area contributed by atoms with Crippen molar-refractivity contribution in [1.82, 2.24) is 24.9 Å².